The minimum Gasteiger partial charge on any atom is -0.744 e. The summed E-state index contributed by atoms with van der Waals surface area (Å²) >= 11 is 0. The van der Waals surface area contributed by atoms with Gasteiger partial charge in [0, 0.05) is 0 Å². The van der Waals surface area contributed by atoms with Crippen LogP contribution in [-0.4, -0.2) is 21.4 Å². The number of benzene rings is 2. The largest absolute Gasteiger partial charge is 1.00 e. The van der Waals surface area contributed by atoms with Crippen molar-refractivity contribution in [1.29, 1.82) is 0 Å². The van der Waals surface area contributed by atoms with E-state index in [1.54, 1.807) is 0 Å². The van der Waals surface area contributed by atoms with Crippen LogP contribution in [0.2, 0.25) is 0 Å². The van der Waals surface area contributed by atoms with E-state index in [2.05, 4.69) is 6.07 Å². The first-order valence-corrected chi connectivity index (χ1v) is 18.6. The fraction of sp³-hybridized carbons (Fsp3) is 0.636. The van der Waals surface area contributed by atoms with Gasteiger partial charge in [0.15, 0.2) is 0 Å². The number of rotatable bonds is 7. The SMILES string of the molecule is O=S(=O)([O-])c1ccc(OS(=O)(=O)c2ccc(C3CC4CCC3C4)c(C3CC4CCC3C4)c2C2CC3CCC2C3)cc1.[Na+]. The Bertz CT molecular complexity index is 1590. The average Bonchev–Trinajstić information content (AvgIpc) is 3.80. The predicted molar refractivity (Wildman–Crippen MR) is 153 cm³/mol. The molecule has 0 radical (unpaired) electrons. The molecule has 6 bridgehead atoms. The van der Waals surface area contributed by atoms with E-state index in [1.807, 2.05) is 6.07 Å². The van der Waals surface area contributed by atoms with Crippen molar-refractivity contribution in [2.75, 3.05) is 0 Å². The summed E-state index contributed by atoms with van der Waals surface area (Å²) in [6.07, 6.45) is 14.9. The van der Waals surface area contributed by atoms with Crippen LogP contribution in [0.5, 0.6) is 5.75 Å². The predicted octanol–water partition coefficient (Wildman–Crippen LogP) is 4.07. The van der Waals surface area contributed by atoms with Crippen LogP contribution in [0.4, 0.5) is 0 Å². The van der Waals surface area contributed by atoms with Gasteiger partial charge in [-0.25, -0.2) is 8.42 Å². The molecule has 2 aromatic rings. The van der Waals surface area contributed by atoms with Crippen LogP contribution in [0.25, 0.3) is 0 Å². The van der Waals surface area contributed by atoms with Gasteiger partial charge in [0.2, 0.25) is 0 Å². The molecular weight excluding hydrogens is 579 g/mol. The zero-order valence-corrected chi connectivity index (χ0v) is 28.0. The summed E-state index contributed by atoms with van der Waals surface area (Å²) in [5.74, 6) is 5.42. The maximum absolute atomic E-state index is 14.2. The summed E-state index contributed by atoms with van der Waals surface area (Å²) in [5, 5.41) is 0. The third-order valence-electron chi connectivity index (χ3n) is 12.2. The van der Waals surface area contributed by atoms with Crippen molar-refractivity contribution < 1.29 is 55.1 Å². The average molecular weight is 619 g/mol. The number of fused-ring (bicyclic) bond motifs is 6. The molecule has 0 N–H and O–H groups in total. The van der Waals surface area contributed by atoms with Gasteiger partial charge in [0.1, 0.15) is 20.8 Å². The van der Waals surface area contributed by atoms with Crippen molar-refractivity contribution in [1.82, 2.24) is 0 Å². The second kappa shape index (κ2) is 10.9. The summed E-state index contributed by atoms with van der Waals surface area (Å²) in [5.41, 5.74) is 3.93. The van der Waals surface area contributed by atoms with E-state index in [9.17, 15) is 21.4 Å². The smallest absolute Gasteiger partial charge is 0.744 e. The molecule has 0 spiro atoms. The fourth-order valence-corrected chi connectivity index (χ4v) is 12.3. The molecule has 2 aromatic carbocycles. The van der Waals surface area contributed by atoms with Crippen molar-refractivity contribution in [2.24, 2.45) is 35.5 Å². The second-order valence-corrected chi connectivity index (χ2v) is 17.2. The van der Waals surface area contributed by atoms with Crippen molar-refractivity contribution >= 4 is 20.2 Å². The minimum atomic E-state index is -4.63. The summed E-state index contributed by atoms with van der Waals surface area (Å²) < 4.78 is 68.2. The monoisotopic (exact) mass is 618 g/mol. The summed E-state index contributed by atoms with van der Waals surface area (Å²) in [4.78, 5) is -0.0843. The van der Waals surface area contributed by atoms with Crippen molar-refractivity contribution in [3.8, 4) is 5.75 Å². The topological polar surface area (TPSA) is 101 Å². The fourth-order valence-electron chi connectivity index (χ4n) is 10.6. The maximum atomic E-state index is 14.2. The quantitative estimate of drug-likeness (QED) is 0.264. The Hall–Kier alpha value is -0.900. The standard InChI is InChI=1S/C33H40O6S2.Na/c34-40(35,36)26-9-7-25(8-10-26)39-41(37,38)31-12-11-27(28-16-19-1-4-22(28)13-19)32(29-17-20-2-5-23(29)14-20)33(31)30-18-21-3-6-24(30)15-21;/h7-12,19-24,28-30H,1-6,13-18H2,(H,34,35,36);/q;+1/p-1. The van der Waals surface area contributed by atoms with E-state index in [4.69, 9.17) is 4.18 Å². The van der Waals surface area contributed by atoms with Gasteiger partial charge in [-0.3, -0.25) is 0 Å². The van der Waals surface area contributed by atoms with Crippen LogP contribution in [0.15, 0.2) is 46.2 Å². The summed E-state index contributed by atoms with van der Waals surface area (Å²) in [6, 6.07) is 8.77. The molecule has 6 fully saturated rings. The Morgan fingerprint density at radius 2 is 1.10 bits per heavy atom. The van der Waals surface area contributed by atoms with Crippen LogP contribution in [0, 0.1) is 35.5 Å². The molecular formula is C33H39NaO6S2. The van der Waals surface area contributed by atoms with Gasteiger partial charge in [-0.2, -0.15) is 8.42 Å². The molecule has 0 heterocycles. The summed E-state index contributed by atoms with van der Waals surface area (Å²) in [7, 11) is -8.82. The molecule has 6 nitrogen and oxygen atoms in total. The minimum absolute atomic E-state index is 0. The second-order valence-electron chi connectivity index (χ2n) is 14.3. The van der Waals surface area contributed by atoms with Gasteiger partial charge in [-0.1, -0.05) is 25.3 Å². The zero-order chi connectivity index (χ0) is 28.1. The molecule has 6 saturated carbocycles. The van der Waals surface area contributed by atoms with Gasteiger partial charge < -0.3 is 8.74 Å². The molecule has 0 saturated heterocycles. The van der Waals surface area contributed by atoms with Gasteiger partial charge in [-0.15, -0.1) is 0 Å². The van der Waals surface area contributed by atoms with E-state index < -0.39 is 25.1 Å². The molecule has 0 amide bonds. The first kappa shape index (κ1) is 29.8. The summed E-state index contributed by atoms with van der Waals surface area (Å²) in [6.45, 7) is 0. The maximum Gasteiger partial charge on any atom is 1.00 e. The van der Waals surface area contributed by atoms with E-state index in [-0.39, 0.29) is 41.2 Å². The first-order chi connectivity index (χ1) is 19.6. The molecule has 9 atom stereocenters. The third-order valence-corrected chi connectivity index (χ3v) is 14.4. The number of hydrogen-bond donors (Lipinski definition) is 0. The van der Waals surface area contributed by atoms with E-state index >= 15 is 0 Å². The Kier molecular flexibility index (Phi) is 7.71. The molecule has 220 valence electrons. The van der Waals surface area contributed by atoms with Gasteiger partial charge in [-0.05, 0) is 158 Å². The Morgan fingerprint density at radius 3 is 1.55 bits per heavy atom. The number of hydrogen-bond acceptors (Lipinski definition) is 6. The molecule has 9 heteroatoms. The Morgan fingerprint density at radius 1 is 0.595 bits per heavy atom. The normalized spacial score (nSPS) is 36.5. The van der Waals surface area contributed by atoms with Gasteiger partial charge in [0.25, 0.3) is 0 Å². The third kappa shape index (κ3) is 5.04. The van der Waals surface area contributed by atoms with E-state index in [0.717, 1.165) is 41.9 Å². The Balaban J connectivity index is 0.00000288. The zero-order valence-electron chi connectivity index (χ0n) is 24.4. The molecule has 6 aliphatic rings. The van der Waals surface area contributed by atoms with Crippen molar-refractivity contribution in [2.45, 2.75) is 105 Å². The van der Waals surface area contributed by atoms with Crippen LogP contribution in [0.3, 0.4) is 0 Å². The van der Waals surface area contributed by atoms with Crippen LogP contribution in [0.1, 0.15) is 111 Å². The first-order valence-electron chi connectivity index (χ1n) is 15.8. The van der Waals surface area contributed by atoms with E-state index in [0.29, 0.717) is 34.5 Å². The van der Waals surface area contributed by atoms with Gasteiger partial charge >= 0.3 is 39.7 Å². The molecule has 42 heavy (non-hydrogen) atoms. The molecule has 9 unspecified atom stereocenters. The molecule has 8 rings (SSSR count). The van der Waals surface area contributed by atoms with Crippen molar-refractivity contribution in [3.63, 3.8) is 0 Å². The van der Waals surface area contributed by atoms with E-state index in [1.165, 1.54) is 93.9 Å². The molecule has 0 aliphatic heterocycles. The Labute approximate surface area is 272 Å². The van der Waals surface area contributed by atoms with Crippen molar-refractivity contribution in [3.05, 3.63) is 53.1 Å². The molecule has 0 aromatic heterocycles. The van der Waals surface area contributed by atoms with Gasteiger partial charge in [0.05, 0.1) is 4.90 Å². The molecule has 6 aliphatic carbocycles. The van der Waals surface area contributed by atoms with Crippen LogP contribution >= 0.6 is 0 Å². The van der Waals surface area contributed by atoms with Crippen LogP contribution < -0.4 is 33.7 Å². The van der Waals surface area contributed by atoms with Crippen LogP contribution in [-0.2, 0) is 20.2 Å².